The molecule has 0 spiro atoms. The van der Waals surface area contributed by atoms with E-state index in [4.69, 9.17) is 16.6 Å². The van der Waals surface area contributed by atoms with E-state index in [0.29, 0.717) is 11.5 Å². The average Bonchev–Trinajstić information content (AvgIpc) is 3.19. The van der Waals surface area contributed by atoms with E-state index in [0.717, 1.165) is 26.7 Å². The van der Waals surface area contributed by atoms with E-state index in [1.54, 1.807) is 12.1 Å². The highest BCUT2D eigenvalue weighted by atomic mass is 79.9. The molecule has 0 aliphatic carbocycles. The second-order valence-corrected chi connectivity index (χ2v) is 8.26. The zero-order chi connectivity index (χ0) is 20.4. The second kappa shape index (κ2) is 8.29. The van der Waals surface area contributed by atoms with Crippen molar-refractivity contribution in [2.75, 3.05) is 0 Å². The number of furan rings is 1. The molecular weight excluding hydrogens is 470 g/mol. The smallest absolute Gasteiger partial charge is 0.266 e. The number of carboxylic acids is 2. The minimum Gasteiger partial charge on any atom is -0.550 e. The van der Waals surface area contributed by atoms with E-state index in [2.05, 4.69) is 15.9 Å². The topological polar surface area (TPSA) is 114 Å². The lowest BCUT2D eigenvalue weighted by Crippen LogP contribution is -2.52. The van der Waals surface area contributed by atoms with Gasteiger partial charge in [0.1, 0.15) is 15.8 Å². The molecule has 7 nitrogen and oxygen atoms in total. The van der Waals surface area contributed by atoms with Gasteiger partial charge in [-0.3, -0.25) is 9.69 Å². The molecule has 0 saturated carbocycles. The quantitative estimate of drug-likeness (QED) is 0.447. The molecule has 1 aromatic heterocycles. The molecule has 1 aliphatic rings. The van der Waals surface area contributed by atoms with Crippen molar-refractivity contribution in [3.8, 4) is 11.3 Å². The molecule has 1 aromatic carbocycles. The number of thioether (sulfide) groups is 1. The van der Waals surface area contributed by atoms with Gasteiger partial charge in [-0.25, -0.2) is 0 Å². The zero-order valence-corrected chi connectivity index (χ0v) is 17.1. The van der Waals surface area contributed by atoms with Crippen molar-refractivity contribution in [1.29, 1.82) is 0 Å². The van der Waals surface area contributed by atoms with Crippen LogP contribution < -0.4 is 10.2 Å². The molecule has 1 amide bonds. The third-order valence-corrected chi connectivity index (χ3v) is 5.66. The van der Waals surface area contributed by atoms with Crippen LogP contribution in [0.3, 0.4) is 0 Å². The summed E-state index contributed by atoms with van der Waals surface area (Å²) in [4.78, 5) is 35.4. The van der Waals surface area contributed by atoms with Crippen LogP contribution >= 0.6 is 39.9 Å². The fourth-order valence-electron chi connectivity index (χ4n) is 2.52. The number of nitrogens with zero attached hydrogens (tertiary/aromatic N) is 1. The van der Waals surface area contributed by atoms with Crippen LogP contribution in [0.4, 0.5) is 0 Å². The van der Waals surface area contributed by atoms with E-state index in [1.807, 2.05) is 24.3 Å². The summed E-state index contributed by atoms with van der Waals surface area (Å²) in [7, 11) is 0. The van der Waals surface area contributed by atoms with Crippen molar-refractivity contribution in [3.63, 3.8) is 0 Å². The number of carboxylic acid groups (broad SMARTS) is 2. The fourth-order valence-corrected chi connectivity index (χ4v) is 4.12. The molecule has 0 radical (unpaired) electrons. The van der Waals surface area contributed by atoms with Crippen molar-refractivity contribution in [2.45, 2.75) is 12.5 Å². The normalized spacial score (nSPS) is 16.6. The summed E-state index contributed by atoms with van der Waals surface area (Å²) in [5, 5.41) is 22.0. The van der Waals surface area contributed by atoms with Crippen molar-refractivity contribution in [3.05, 3.63) is 51.5 Å². The van der Waals surface area contributed by atoms with Crippen LogP contribution in [-0.4, -0.2) is 33.1 Å². The Labute approximate surface area is 177 Å². The SMILES string of the molecule is O=C([O-])CC(C(=O)[O-])N1C(=O)C(=Cc2ccc(-c3ccc(Br)cc3)o2)SC1=S. The molecule has 1 unspecified atom stereocenters. The number of carbonyl (C=O) groups excluding carboxylic acids is 3. The number of benzene rings is 1. The Hall–Kier alpha value is -2.43. The van der Waals surface area contributed by atoms with Crippen molar-refractivity contribution >= 4 is 68.2 Å². The predicted molar refractivity (Wildman–Crippen MR) is 105 cm³/mol. The summed E-state index contributed by atoms with van der Waals surface area (Å²) in [6, 6.07) is 9.09. The van der Waals surface area contributed by atoms with Crippen molar-refractivity contribution in [2.24, 2.45) is 0 Å². The molecule has 0 bridgehead atoms. The number of halogens is 1. The fraction of sp³-hybridized carbons (Fsp3) is 0.111. The lowest BCUT2D eigenvalue weighted by atomic mass is 10.2. The average molecular weight is 480 g/mol. The maximum atomic E-state index is 12.6. The van der Waals surface area contributed by atoms with Gasteiger partial charge in [0.25, 0.3) is 5.91 Å². The molecule has 1 saturated heterocycles. The van der Waals surface area contributed by atoms with Crippen LogP contribution in [-0.2, 0) is 14.4 Å². The Bertz CT molecular complexity index is 998. The highest BCUT2D eigenvalue weighted by Crippen LogP contribution is 2.35. The Morgan fingerprint density at radius 3 is 2.50 bits per heavy atom. The number of carbonyl (C=O) groups is 3. The van der Waals surface area contributed by atoms with Gasteiger partial charge in [0.15, 0.2) is 0 Å². The minimum atomic E-state index is -1.74. The summed E-state index contributed by atoms with van der Waals surface area (Å²) in [5.41, 5.74) is 0.835. The predicted octanol–water partition coefficient (Wildman–Crippen LogP) is 1.17. The monoisotopic (exact) mass is 479 g/mol. The second-order valence-electron chi connectivity index (χ2n) is 5.67. The van der Waals surface area contributed by atoms with Gasteiger partial charge in [-0.1, -0.05) is 52.0 Å². The molecule has 1 atom stereocenters. The number of amides is 1. The van der Waals surface area contributed by atoms with Gasteiger partial charge >= 0.3 is 0 Å². The highest BCUT2D eigenvalue weighted by molar-refractivity contribution is 9.10. The molecule has 2 aromatic rings. The summed E-state index contributed by atoms with van der Waals surface area (Å²) in [5.74, 6) is -3.14. The van der Waals surface area contributed by atoms with E-state index >= 15 is 0 Å². The van der Waals surface area contributed by atoms with Crippen molar-refractivity contribution in [1.82, 2.24) is 4.90 Å². The standard InChI is InChI=1S/C18H12BrNO6S2/c19-10-3-1-9(2-4-10)13-6-5-11(26-13)7-14-16(23)20(18(27)28-14)12(17(24)25)8-15(21)22/h1-7,12H,8H2,(H,21,22)(H,24,25)/p-2. The Morgan fingerprint density at radius 2 is 1.89 bits per heavy atom. The highest BCUT2D eigenvalue weighted by Gasteiger charge is 2.38. The summed E-state index contributed by atoms with van der Waals surface area (Å²) in [6.45, 7) is 0. The van der Waals surface area contributed by atoms with Crippen LogP contribution in [0.2, 0.25) is 0 Å². The third-order valence-electron chi connectivity index (χ3n) is 3.80. The van der Waals surface area contributed by atoms with Crippen LogP contribution in [0.25, 0.3) is 17.4 Å². The lowest BCUT2D eigenvalue weighted by molar-refractivity contribution is -0.319. The zero-order valence-electron chi connectivity index (χ0n) is 13.9. The number of hydrogen-bond acceptors (Lipinski definition) is 8. The summed E-state index contributed by atoms with van der Waals surface area (Å²) in [6.07, 6.45) is 0.504. The molecule has 3 rings (SSSR count). The van der Waals surface area contributed by atoms with Gasteiger partial charge in [-0.15, -0.1) is 0 Å². The van der Waals surface area contributed by atoms with Crippen LogP contribution in [0.15, 0.2) is 50.2 Å². The number of thiocarbonyl (C=S) groups is 1. The molecule has 10 heteroatoms. The maximum Gasteiger partial charge on any atom is 0.266 e. The molecule has 0 N–H and O–H groups in total. The molecule has 2 heterocycles. The molecule has 144 valence electrons. The van der Waals surface area contributed by atoms with E-state index < -0.39 is 30.3 Å². The largest absolute Gasteiger partial charge is 0.550 e. The van der Waals surface area contributed by atoms with Gasteiger partial charge in [0, 0.05) is 28.5 Å². The van der Waals surface area contributed by atoms with Crippen molar-refractivity contribution < 1.29 is 29.0 Å². The minimum absolute atomic E-state index is 0.0774. The summed E-state index contributed by atoms with van der Waals surface area (Å²) >= 11 is 9.25. The lowest BCUT2D eigenvalue weighted by Gasteiger charge is -2.27. The first kappa shape index (κ1) is 20.3. The van der Waals surface area contributed by atoms with Gasteiger partial charge in [0.05, 0.1) is 16.9 Å². The molecular formula is C18H10BrNO6S2-2. The van der Waals surface area contributed by atoms with E-state index in [1.165, 1.54) is 6.08 Å². The van der Waals surface area contributed by atoms with E-state index in [9.17, 15) is 24.6 Å². The van der Waals surface area contributed by atoms with Gasteiger partial charge in [-0.2, -0.15) is 0 Å². The van der Waals surface area contributed by atoms with E-state index in [-0.39, 0.29) is 9.23 Å². The summed E-state index contributed by atoms with van der Waals surface area (Å²) < 4.78 is 6.56. The maximum absolute atomic E-state index is 12.6. The first-order chi connectivity index (χ1) is 13.3. The number of hydrogen-bond donors (Lipinski definition) is 0. The molecule has 1 fully saturated rings. The van der Waals surface area contributed by atoms with Gasteiger partial charge < -0.3 is 24.2 Å². The Morgan fingerprint density at radius 1 is 1.21 bits per heavy atom. The van der Waals surface area contributed by atoms with Crippen LogP contribution in [0.1, 0.15) is 12.2 Å². The van der Waals surface area contributed by atoms with Gasteiger partial charge in [0.2, 0.25) is 0 Å². The number of aliphatic carboxylic acids is 2. The van der Waals surface area contributed by atoms with Crippen LogP contribution in [0.5, 0.6) is 0 Å². The first-order valence-electron chi connectivity index (χ1n) is 7.80. The first-order valence-corrected chi connectivity index (χ1v) is 9.81. The number of rotatable bonds is 6. The molecule has 1 aliphatic heterocycles. The third kappa shape index (κ3) is 4.34. The van der Waals surface area contributed by atoms with Gasteiger partial charge in [-0.05, 0) is 24.3 Å². The Balaban J connectivity index is 1.85. The Kier molecular flexibility index (Phi) is 6.01. The van der Waals surface area contributed by atoms with Crippen LogP contribution in [0, 0.1) is 0 Å². The molecule has 28 heavy (non-hydrogen) atoms.